The highest BCUT2D eigenvalue weighted by atomic mass is 35.5. The van der Waals surface area contributed by atoms with Crippen LogP contribution in [0.15, 0.2) is 66.7 Å². The average molecular weight is 561 g/mol. The summed E-state index contributed by atoms with van der Waals surface area (Å²) in [6.07, 6.45) is 0. The van der Waals surface area contributed by atoms with Crippen molar-refractivity contribution in [1.29, 1.82) is 0 Å². The number of urea groups is 1. The van der Waals surface area contributed by atoms with E-state index < -0.39 is 6.03 Å². The topological polar surface area (TPSA) is 123 Å². The molecule has 4 rings (SSSR count). The van der Waals surface area contributed by atoms with E-state index in [-0.39, 0.29) is 31.4 Å². The Morgan fingerprint density at radius 1 is 0.865 bits per heavy atom. The molecule has 190 valence electrons. The number of rotatable bonds is 9. The minimum atomic E-state index is -0.403. The third-order valence-corrected chi connectivity index (χ3v) is 5.60. The van der Waals surface area contributed by atoms with Crippen molar-refractivity contribution in [3.8, 4) is 22.9 Å². The number of aromatic nitrogens is 4. The first-order valence-electron chi connectivity index (χ1n) is 10.9. The molecule has 4 aromatic rings. The second kappa shape index (κ2) is 12.4. The van der Waals surface area contributed by atoms with Crippen LogP contribution in [0.2, 0.25) is 15.1 Å². The predicted molar refractivity (Wildman–Crippen MR) is 141 cm³/mol. The molecule has 0 aliphatic heterocycles. The summed E-state index contributed by atoms with van der Waals surface area (Å²) in [4.78, 5) is 25.4. The molecule has 0 radical (unpaired) electrons. The molecule has 0 saturated heterocycles. The Kier molecular flexibility index (Phi) is 8.78. The lowest BCUT2D eigenvalue weighted by Crippen LogP contribution is -2.38. The molecule has 0 atom stereocenters. The van der Waals surface area contributed by atoms with Crippen molar-refractivity contribution in [1.82, 2.24) is 30.8 Å². The molecule has 0 spiro atoms. The number of ether oxygens (including phenoxy) is 1. The number of benzene rings is 3. The Labute approximate surface area is 226 Å². The molecule has 13 heteroatoms. The molecule has 3 amide bonds. The number of para-hydroxylation sites is 1. The molecule has 0 aliphatic rings. The molecule has 37 heavy (non-hydrogen) atoms. The van der Waals surface area contributed by atoms with Gasteiger partial charge in [0.05, 0.1) is 10.6 Å². The Bertz CT molecular complexity index is 1400. The van der Waals surface area contributed by atoms with Crippen molar-refractivity contribution >= 4 is 52.4 Å². The fraction of sp³-hybridized carbons (Fsp3) is 0.125. The zero-order valence-electron chi connectivity index (χ0n) is 19.1. The van der Waals surface area contributed by atoms with E-state index >= 15 is 0 Å². The minimum absolute atomic E-state index is 0.157. The van der Waals surface area contributed by atoms with Crippen LogP contribution in [-0.4, -0.2) is 45.2 Å². The van der Waals surface area contributed by atoms with Crippen LogP contribution in [0.25, 0.3) is 11.4 Å². The monoisotopic (exact) mass is 559 g/mol. The Morgan fingerprint density at radius 3 is 2.38 bits per heavy atom. The van der Waals surface area contributed by atoms with Gasteiger partial charge >= 0.3 is 6.03 Å². The van der Waals surface area contributed by atoms with Crippen molar-refractivity contribution < 1.29 is 14.3 Å². The van der Waals surface area contributed by atoms with Gasteiger partial charge in [0, 0.05) is 28.8 Å². The highest BCUT2D eigenvalue weighted by Crippen LogP contribution is 2.35. The summed E-state index contributed by atoms with van der Waals surface area (Å²) >= 11 is 18.0. The second-order valence-electron chi connectivity index (χ2n) is 7.55. The number of halogens is 3. The van der Waals surface area contributed by atoms with Gasteiger partial charge in [0.2, 0.25) is 11.7 Å². The van der Waals surface area contributed by atoms with Crippen LogP contribution in [0.5, 0.6) is 11.5 Å². The van der Waals surface area contributed by atoms with E-state index in [4.69, 9.17) is 39.5 Å². The van der Waals surface area contributed by atoms with Gasteiger partial charge in [-0.3, -0.25) is 4.79 Å². The summed E-state index contributed by atoms with van der Waals surface area (Å²) in [6.45, 7) is 0.280. The molecule has 3 aromatic carbocycles. The lowest BCUT2D eigenvalue weighted by molar-refractivity contribution is -0.122. The zero-order valence-corrected chi connectivity index (χ0v) is 21.4. The number of hydrogen-bond donors (Lipinski definition) is 3. The van der Waals surface area contributed by atoms with E-state index in [0.717, 1.165) is 4.80 Å². The fourth-order valence-corrected chi connectivity index (χ4v) is 3.68. The van der Waals surface area contributed by atoms with Crippen LogP contribution in [0, 0.1) is 0 Å². The number of amides is 3. The van der Waals surface area contributed by atoms with Crippen LogP contribution >= 0.6 is 34.8 Å². The van der Waals surface area contributed by atoms with Gasteiger partial charge in [0.25, 0.3) is 0 Å². The Balaban J connectivity index is 1.27. The highest BCUT2D eigenvalue weighted by molar-refractivity contribution is 6.35. The Hall–Kier alpha value is -3.86. The van der Waals surface area contributed by atoms with Gasteiger partial charge in [-0.2, -0.15) is 4.80 Å². The standard InChI is InChI=1S/C24H20Cl3N7O3/c25-15-5-8-17(9-6-15)30-24(36)29-12-11-28-22(35)14-34-32-23(31-33-34)18-3-1-2-4-20(18)37-21-10-7-16(26)13-19(21)27/h1-10,13H,11-12,14H2,(H,28,35)(H2,29,30,36). The number of nitrogens with zero attached hydrogens (tertiary/aromatic N) is 4. The molecular weight excluding hydrogens is 541 g/mol. The average Bonchev–Trinajstić information content (AvgIpc) is 3.33. The van der Waals surface area contributed by atoms with Crippen molar-refractivity contribution in [2.24, 2.45) is 0 Å². The Morgan fingerprint density at radius 2 is 1.59 bits per heavy atom. The van der Waals surface area contributed by atoms with Crippen molar-refractivity contribution in [3.05, 3.63) is 81.8 Å². The van der Waals surface area contributed by atoms with Crippen molar-refractivity contribution in [2.45, 2.75) is 6.54 Å². The van der Waals surface area contributed by atoms with E-state index in [1.165, 1.54) is 0 Å². The molecule has 0 aliphatic carbocycles. The van der Waals surface area contributed by atoms with Crippen LogP contribution < -0.4 is 20.7 Å². The number of anilines is 1. The van der Waals surface area contributed by atoms with Gasteiger partial charge in [0.15, 0.2) is 0 Å². The lowest BCUT2D eigenvalue weighted by atomic mass is 10.2. The number of tetrazole rings is 1. The van der Waals surface area contributed by atoms with Crippen molar-refractivity contribution in [3.63, 3.8) is 0 Å². The SMILES string of the molecule is O=C(Cn1nnc(-c2ccccc2Oc2ccc(Cl)cc2Cl)n1)NCCNC(=O)Nc1ccc(Cl)cc1. The van der Waals surface area contributed by atoms with Crippen LogP contribution in [-0.2, 0) is 11.3 Å². The third kappa shape index (κ3) is 7.56. The molecule has 10 nitrogen and oxygen atoms in total. The lowest BCUT2D eigenvalue weighted by Gasteiger charge is -2.10. The first-order valence-corrected chi connectivity index (χ1v) is 12.1. The molecule has 3 N–H and O–H groups in total. The largest absolute Gasteiger partial charge is 0.455 e. The van der Waals surface area contributed by atoms with Gasteiger partial charge in [-0.1, -0.05) is 46.9 Å². The first kappa shape index (κ1) is 26.2. The van der Waals surface area contributed by atoms with Gasteiger partial charge < -0.3 is 20.7 Å². The maximum Gasteiger partial charge on any atom is 0.319 e. The summed E-state index contributed by atoms with van der Waals surface area (Å²) in [5.74, 6) is 0.801. The smallest absolute Gasteiger partial charge is 0.319 e. The summed E-state index contributed by atoms with van der Waals surface area (Å²) in [7, 11) is 0. The van der Waals surface area contributed by atoms with E-state index in [1.54, 1.807) is 66.7 Å². The second-order valence-corrected chi connectivity index (χ2v) is 8.83. The number of hydrogen-bond acceptors (Lipinski definition) is 6. The molecule has 1 heterocycles. The maximum absolute atomic E-state index is 12.3. The zero-order chi connectivity index (χ0) is 26.2. The van der Waals surface area contributed by atoms with E-state index in [1.807, 2.05) is 0 Å². The summed E-state index contributed by atoms with van der Waals surface area (Å²) < 4.78 is 5.94. The van der Waals surface area contributed by atoms with Gasteiger partial charge in [-0.15, -0.1) is 10.2 Å². The highest BCUT2D eigenvalue weighted by Gasteiger charge is 2.15. The molecule has 0 fully saturated rings. The van der Waals surface area contributed by atoms with E-state index in [9.17, 15) is 9.59 Å². The molecule has 0 saturated carbocycles. The molecule has 0 bridgehead atoms. The normalized spacial score (nSPS) is 10.6. The first-order chi connectivity index (χ1) is 17.9. The van der Waals surface area contributed by atoms with E-state index in [0.29, 0.717) is 37.8 Å². The predicted octanol–water partition coefficient (Wildman–Crippen LogP) is 5.03. The van der Waals surface area contributed by atoms with Crippen molar-refractivity contribution in [2.75, 3.05) is 18.4 Å². The summed E-state index contributed by atoms with van der Waals surface area (Å²) in [6, 6.07) is 18.3. The number of carbonyl (C=O) groups is 2. The third-order valence-electron chi connectivity index (χ3n) is 4.81. The summed E-state index contributed by atoms with van der Waals surface area (Å²) in [5.41, 5.74) is 1.17. The molecule has 1 aromatic heterocycles. The van der Waals surface area contributed by atoms with Gasteiger partial charge in [0.1, 0.15) is 18.0 Å². The van der Waals surface area contributed by atoms with Crippen LogP contribution in [0.3, 0.4) is 0 Å². The minimum Gasteiger partial charge on any atom is -0.455 e. The quantitative estimate of drug-likeness (QED) is 0.247. The number of nitrogens with one attached hydrogen (secondary N) is 3. The van der Waals surface area contributed by atoms with Gasteiger partial charge in [-0.25, -0.2) is 4.79 Å². The van der Waals surface area contributed by atoms with Crippen LogP contribution in [0.1, 0.15) is 0 Å². The van der Waals surface area contributed by atoms with Gasteiger partial charge in [-0.05, 0) is 59.8 Å². The fourth-order valence-electron chi connectivity index (χ4n) is 3.11. The van der Waals surface area contributed by atoms with Crippen LogP contribution in [0.4, 0.5) is 10.5 Å². The molecular formula is C24H20Cl3N7O3. The molecule has 0 unspecified atom stereocenters. The summed E-state index contributed by atoms with van der Waals surface area (Å²) in [5, 5.41) is 21.7. The number of carbonyl (C=O) groups excluding carboxylic acids is 2. The van der Waals surface area contributed by atoms with E-state index in [2.05, 4.69) is 31.4 Å². The maximum atomic E-state index is 12.3.